The Bertz CT molecular complexity index is 691. The molecule has 3 N–H and O–H groups in total. The van der Waals surface area contributed by atoms with E-state index in [1.165, 1.54) is 0 Å². The van der Waals surface area contributed by atoms with Crippen LogP contribution in [-0.2, 0) is 23.9 Å². The van der Waals surface area contributed by atoms with Gasteiger partial charge in [-0.2, -0.15) is 10.5 Å². The van der Waals surface area contributed by atoms with Crippen molar-refractivity contribution in [3.8, 4) is 12.1 Å². The zero-order chi connectivity index (χ0) is 25.6. The summed E-state index contributed by atoms with van der Waals surface area (Å²) in [6.07, 6.45) is -0.0239. The molecule has 0 spiro atoms. The zero-order valence-electron chi connectivity index (χ0n) is 19.8. The van der Waals surface area contributed by atoms with Crippen LogP contribution >= 0.6 is 0 Å². The lowest BCUT2D eigenvalue weighted by molar-refractivity contribution is -0.221. The first-order chi connectivity index (χ1) is 14.5. The number of nitriles is 2. The van der Waals surface area contributed by atoms with Crippen molar-refractivity contribution in [1.29, 1.82) is 10.5 Å². The van der Waals surface area contributed by atoms with Crippen molar-refractivity contribution in [2.75, 3.05) is 0 Å². The fraction of sp³-hybridized carbons (Fsp3) is 0.773. The van der Waals surface area contributed by atoms with Gasteiger partial charge in [0.05, 0.1) is 12.1 Å². The molecule has 0 bridgehead atoms. The van der Waals surface area contributed by atoms with E-state index in [0.29, 0.717) is 25.7 Å². The molecular weight excluding hydrogens is 420 g/mol. The molecule has 0 heterocycles. The molecule has 0 aliphatic carbocycles. The molecule has 0 aliphatic rings. The van der Waals surface area contributed by atoms with E-state index in [2.05, 4.69) is 0 Å². The standard InChI is InChI=1S/C11H19NO4.C11H17NO4/c1-10(2,3)16-9(13)11(14,15)7-5-4-6-8-12;1-11(2,3)16-10(15)9(14)8(13)6-4-5-7-12/h14-15H,4-7H2,1-3H3;9,14H,4-6H2,1-3H3. The third-order valence-electron chi connectivity index (χ3n) is 3.44. The average molecular weight is 457 g/mol. The van der Waals surface area contributed by atoms with Crippen molar-refractivity contribution in [3.63, 3.8) is 0 Å². The third-order valence-corrected chi connectivity index (χ3v) is 3.44. The topological polar surface area (TPSA) is 178 Å². The van der Waals surface area contributed by atoms with Gasteiger partial charge in [-0.05, 0) is 60.8 Å². The van der Waals surface area contributed by atoms with E-state index < -0.39 is 40.8 Å². The molecule has 0 aromatic heterocycles. The highest BCUT2D eigenvalue weighted by Gasteiger charge is 2.37. The molecule has 0 radical (unpaired) electrons. The van der Waals surface area contributed by atoms with Crippen molar-refractivity contribution >= 4 is 17.7 Å². The summed E-state index contributed by atoms with van der Waals surface area (Å²) in [6.45, 7) is 9.90. The first-order valence-corrected chi connectivity index (χ1v) is 10.3. The van der Waals surface area contributed by atoms with Gasteiger partial charge < -0.3 is 24.8 Å². The number of hydrogen-bond acceptors (Lipinski definition) is 10. The van der Waals surface area contributed by atoms with Crippen molar-refractivity contribution in [2.45, 2.75) is 110 Å². The summed E-state index contributed by atoms with van der Waals surface area (Å²) < 4.78 is 9.71. The maximum absolute atomic E-state index is 11.4. The zero-order valence-corrected chi connectivity index (χ0v) is 19.8. The van der Waals surface area contributed by atoms with Crippen molar-refractivity contribution in [1.82, 2.24) is 0 Å². The molecule has 1 unspecified atom stereocenters. The minimum atomic E-state index is -2.46. The molecule has 0 aromatic carbocycles. The first-order valence-electron chi connectivity index (χ1n) is 10.3. The van der Waals surface area contributed by atoms with Gasteiger partial charge in [0.15, 0.2) is 5.78 Å². The molecule has 0 fully saturated rings. The number of Topliss-reactive ketones (excluding diaryl/α,β-unsaturated/α-hetero) is 1. The van der Waals surface area contributed by atoms with Gasteiger partial charge in [0.2, 0.25) is 6.10 Å². The number of carbonyl (C=O) groups is 3. The molecule has 0 saturated heterocycles. The highest BCUT2D eigenvalue weighted by molar-refractivity contribution is 6.01. The number of aliphatic hydroxyl groups is 3. The number of rotatable bonds is 10. The molecular formula is C22H36N2O8. The fourth-order valence-electron chi connectivity index (χ4n) is 2.00. The smallest absolute Gasteiger partial charge is 0.366 e. The Morgan fingerprint density at radius 2 is 1.31 bits per heavy atom. The summed E-state index contributed by atoms with van der Waals surface area (Å²) in [4.78, 5) is 33.9. The Labute approximate surface area is 189 Å². The minimum absolute atomic E-state index is 0.00791. The van der Waals surface area contributed by atoms with Crippen LogP contribution in [0.25, 0.3) is 0 Å². The minimum Gasteiger partial charge on any atom is -0.458 e. The Morgan fingerprint density at radius 1 is 0.844 bits per heavy atom. The van der Waals surface area contributed by atoms with Crippen LogP contribution in [0.4, 0.5) is 0 Å². The van der Waals surface area contributed by atoms with Gasteiger partial charge in [-0.3, -0.25) is 4.79 Å². The first kappa shape index (κ1) is 31.7. The van der Waals surface area contributed by atoms with Gasteiger partial charge in [-0.25, -0.2) is 9.59 Å². The molecule has 182 valence electrons. The largest absolute Gasteiger partial charge is 0.458 e. The third kappa shape index (κ3) is 17.2. The number of ketones is 1. The van der Waals surface area contributed by atoms with Crippen LogP contribution in [0.15, 0.2) is 0 Å². The van der Waals surface area contributed by atoms with Crippen LogP contribution in [0.5, 0.6) is 0 Å². The second-order valence-corrected chi connectivity index (χ2v) is 9.10. The van der Waals surface area contributed by atoms with Gasteiger partial charge in [-0.1, -0.05) is 0 Å². The highest BCUT2D eigenvalue weighted by Crippen LogP contribution is 2.18. The van der Waals surface area contributed by atoms with Crippen LogP contribution in [0, 0.1) is 22.7 Å². The van der Waals surface area contributed by atoms with E-state index in [0.717, 1.165) is 0 Å². The SMILES string of the molecule is CC(C)(C)OC(=O)C(O)(O)CCCCC#N.CC(C)(C)OC(=O)C(O)C(=O)CCCC#N. The van der Waals surface area contributed by atoms with Crippen LogP contribution in [0.3, 0.4) is 0 Å². The van der Waals surface area contributed by atoms with Crippen LogP contribution in [0.1, 0.15) is 86.5 Å². The molecule has 10 nitrogen and oxygen atoms in total. The molecule has 1 atom stereocenters. The molecule has 0 saturated carbocycles. The normalized spacial score (nSPS) is 12.3. The summed E-state index contributed by atoms with van der Waals surface area (Å²) in [5, 5.41) is 44.8. The number of esters is 2. The highest BCUT2D eigenvalue weighted by atomic mass is 16.6. The van der Waals surface area contributed by atoms with E-state index >= 15 is 0 Å². The summed E-state index contributed by atoms with van der Waals surface area (Å²) in [5.41, 5.74) is -1.48. The van der Waals surface area contributed by atoms with E-state index in [1.807, 2.05) is 12.1 Å². The lowest BCUT2D eigenvalue weighted by Gasteiger charge is -2.26. The van der Waals surface area contributed by atoms with E-state index in [4.69, 9.17) is 20.0 Å². The summed E-state index contributed by atoms with van der Waals surface area (Å²) in [6, 6.07) is 3.82. The van der Waals surface area contributed by atoms with E-state index in [9.17, 15) is 29.7 Å². The Morgan fingerprint density at radius 3 is 1.75 bits per heavy atom. The average Bonchev–Trinajstić information content (AvgIpc) is 2.62. The van der Waals surface area contributed by atoms with Crippen LogP contribution in [-0.4, -0.2) is 56.1 Å². The predicted octanol–water partition coefficient (Wildman–Crippen LogP) is 2.04. The second kappa shape index (κ2) is 14.5. The van der Waals surface area contributed by atoms with Gasteiger partial charge in [-0.15, -0.1) is 0 Å². The van der Waals surface area contributed by atoms with Gasteiger partial charge in [0.25, 0.3) is 5.79 Å². The number of hydrogen-bond donors (Lipinski definition) is 3. The second-order valence-electron chi connectivity index (χ2n) is 9.10. The van der Waals surface area contributed by atoms with Gasteiger partial charge in [0.1, 0.15) is 11.2 Å². The molecule has 0 rings (SSSR count). The van der Waals surface area contributed by atoms with Crippen molar-refractivity contribution in [2.24, 2.45) is 0 Å². The quantitative estimate of drug-likeness (QED) is 0.191. The Balaban J connectivity index is 0. The Hall–Kier alpha value is -2.53. The van der Waals surface area contributed by atoms with Crippen LogP contribution < -0.4 is 0 Å². The molecule has 0 amide bonds. The van der Waals surface area contributed by atoms with Gasteiger partial charge >= 0.3 is 11.9 Å². The van der Waals surface area contributed by atoms with Crippen LogP contribution in [0.2, 0.25) is 0 Å². The number of aliphatic hydroxyl groups excluding tert-OH is 1. The maximum atomic E-state index is 11.4. The van der Waals surface area contributed by atoms with Crippen molar-refractivity contribution in [3.05, 3.63) is 0 Å². The Kier molecular flexibility index (Phi) is 14.4. The molecule has 10 heteroatoms. The monoisotopic (exact) mass is 456 g/mol. The molecule has 32 heavy (non-hydrogen) atoms. The van der Waals surface area contributed by atoms with E-state index in [1.54, 1.807) is 41.5 Å². The van der Waals surface area contributed by atoms with Crippen molar-refractivity contribution < 1.29 is 39.2 Å². The summed E-state index contributed by atoms with van der Waals surface area (Å²) >= 11 is 0. The molecule has 0 aliphatic heterocycles. The number of nitrogens with zero attached hydrogens (tertiary/aromatic N) is 2. The lowest BCUT2D eigenvalue weighted by Crippen LogP contribution is -2.43. The number of unbranched alkanes of at least 4 members (excludes halogenated alkanes) is 3. The van der Waals surface area contributed by atoms with Gasteiger partial charge in [0, 0.05) is 25.7 Å². The summed E-state index contributed by atoms with van der Waals surface area (Å²) in [5.74, 6) is -5.04. The number of ether oxygens (including phenoxy) is 2. The lowest BCUT2D eigenvalue weighted by atomic mass is 10.1. The molecule has 0 aromatic rings. The predicted molar refractivity (Wildman–Crippen MR) is 113 cm³/mol. The maximum Gasteiger partial charge on any atom is 0.366 e. The summed E-state index contributed by atoms with van der Waals surface area (Å²) in [7, 11) is 0. The fourth-order valence-corrected chi connectivity index (χ4v) is 2.00. The number of carbonyl (C=O) groups excluding carboxylic acids is 3. The van der Waals surface area contributed by atoms with E-state index in [-0.39, 0.29) is 19.3 Å².